The maximum Gasteiger partial charge on any atom is 0.333 e. The number of aromatic nitrogens is 1. The number of rotatable bonds is 5. The molecule has 0 unspecified atom stereocenters. The second kappa shape index (κ2) is 15.1. The molecule has 0 spiro atoms. The van der Waals surface area contributed by atoms with Gasteiger partial charge in [-0.1, -0.05) is 181 Å². The number of furan rings is 1. The molecule has 0 bridgehead atoms. The van der Waals surface area contributed by atoms with Crippen LogP contribution >= 0.6 is 0 Å². The highest BCUT2D eigenvalue weighted by Gasteiger charge is 2.45. The molecule has 5 heteroatoms. The summed E-state index contributed by atoms with van der Waals surface area (Å²) in [6.07, 6.45) is 0. The molecule has 0 saturated heterocycles. The van der Waals surface area contributed by atoms with Crippen molar-refractivity contribution < 1.29 is 4.42 Å². The standard InChI is InChI=1S/C66H52BN3O/c1-65(2,3)44-27-31-46(32-28-44)68(47-33-29-45(30-34-47)66(4,5)6)48-35-36-50-54-38-43(41-16-8-7-9-17-41)39-59-62(54)67(70(58(50)40-48)57-24-15-21-52-51-20-12-13-25-60(51)71-64(52)57)55-23-14-22-53-61-49-19-11-10-18-42(49)26-37-56(61)69(59)63(53)55/h7-40H,1-6H3. The molecule has 340 valence electrons. The van der Waals surface area contributed by atoms with E-state index in [0.29, 0.717) is 0 Å². The summed E-state index contributed by atoms with van der Waals surface area (Å²) in [6, 6.07) is 77.0. The van der Waals surface area contributed by atoms with E-state index in [1.54, 1.807) is 0 Å². The topological polar surface area (TPSA) is 24.6 Å². The Kier molecular flexibility index (Phi) is 8.87. The number of benzene rings is 10. The molecule has 0 radical (unpaired) electrons. The molecule has 0 N–H and O–H groups in total. The fraction of sp³-hybridized carbons (Fsp3) is 0.121. The van der Waals surface area contributed by atoms with Crippen LogP contribution in [0.3, 0.4) is 0 Å². The van der Waals surface area contributed by atoms with Crippen molar-refractivity contribution in [3.8, 4) is 27.9 Å². The molecule has 71 heavy (non-hydrogen) atoms. The molecule has 2 aliphatic heterocycles. The third kappa shape index (κ3) is 6.25. The molecular weight excluding hydrogens is 862 g/mol. The molecular formula is C66H52BN3O. The van der Waals surface area contributed by atoms with Crippen LogP contribution in [0.4, 0.5) is 28.4 Å². The lowest BCUT2D eigenvalue weighted by atomic mass is 9.44. The molecule has 14 rings (SSSR count). The van der Waals surface area contributed by atoms with Crippen molar-refractivity contribution in [1.82, 2.24) is 4.57 Å². The van der Waals surface area contributed by atoms with Gasteiger partial charge in [0, 0.05) is 55.5 Å². The summed E-state index contributed by atoms with van der Waals surface area (Å²) in [4.78, 5) is 5.06. The predicted molar refractivity (Wildman–Crippen MR) is 302 cm³/mol. The van der Waals surface area contributed by atoms with Crippen LogP contribution in [0.1, 0.15) is 52.7 Å². The van der Waals surface area contributed by atoms with Crippen molar-refractivity contribution in [3.05, 3.63) is 217 Å². The molecule has 4 heterocycles. The minimum absolute atomic E-state index is 0.0220. The molecule has 4 nitrogen and oxygen atoms in total. The Labute approximate surface area is 415 Å². The van der Waals surface area contributed by atoms with Gasteiger partial charge in [-0.15, -0.1) is 0 Å². The van der Waals surface area contributed by atoms with Gasteiger partial charge in [-0.2, -0.15) is 0 Å². The van der Waals surface area contributed by atoms with Crippen LogP contribution in [0.2, 0.25) is 0 Å². The van der Waals surface area contributed by atoms with Crippen molar-refractivity contribution >= 4 is 101 Å². The van der Waals surface area contributed by atoms with Crippen LogP contribution in [0.25, 0.3) is 82.5 Å². The number of hydrogen-bond acceptors (Lipinski definition) is 3. The Morgan fingerprint density at radius 3 is 1.82 bits per heavy atom. The smallest absolute Gasteiger partial charge is 0.333 e. The fourth-order valence-electron chi connectivity index (χ4n) is 12.0. The summed E-state index contributed by atoms with van der Waals surface area (Å²) in [7, 11) is 0. The van der Waals surface area contributed by atoms with Crippen LogP contribution in [0.15, 0.2) is 211 Å². The van der Waals surface area contributed by atoms with E-state index in [0.717, 1.165) is 50.4 Å². The monoisotopic (exact) mass is 913 g/mol. The number of fused-ring (bicyclic) bond motifs is 12. The van der Waals surface area contributed by atoms with Crippen LogP contribution in [0, 0.1) is 0 Å². The molecule has 0 aliphatic carbocycles. The van der Waals surface area contributed by atoms with E-state index in [4.69, 9.17) is 4.42 Å². The Hall–Kier alpha value is -8.28. The summed E-state index contributed by atoms with van der Waals surface area (Å²) >= 11 is 0. The summed E-state index contributed by atoms with van der Waals surface area (Å²) < 4.78 is 9.61. The van der Waals surface area contributed by atoms with Crippen molar-refractivity contribution in [2.75, 3.05) is 9.71 Å². The molecule has 0 atom stereocenters. The van der Waals surface area contributed by atoms with Gasteiger partial charge in [0.25, 0.3) is 0 Å². The van der Waals surface area contributed by atoms with Gasteiger partial charge in [-0.05, 0) is 127 Å². The fourth-order valence-corrected chi connectivity index (χ4v) is 12.0. The van der Waals surface area contributed by atoms with E-state index >= 15 is 0 Å². The van der Waals surface area contributed by atoms with Crippen LogP contribution < -0.4 is 20.6 Å². The lowest BCUT2D eigenvalue weighted by molar-refractivity contribution is 0.590. The van der Waals surface area contributed by atoms with E-state index in [1.165, 1.54) is 82.6 Å². The highest BCUT2D eigenvalue weighted by atomic mass is 16.3. The second-order valence-electron chi connectivity index (χ2n) is 21.7. The van der Waals surface area contributed by atoms with Crippen molar-refractivity contribution in [2.45, 2.75) is 52.4 Å². The van der Waals surface area contributed by atoms with Crippen LogP contribution in [0.5, 0.6) is 0 Å². The minimum Gasteiger partial charge on any atom is -0.454 e. The highest BCUT2D eigenvalue weighted by molar-refractivity contribution is 6.93. The Bertz CT molecular complexity index is 4070. The minimum atomic E-state index is -0.205. The number of hydrogen-bond donors (Lipinski definition) is 0. The molecule has 2 aliphatic rings. The van der Waals surface area contributed by atoms with E-state index < -0.39 is 0 Å². The van der Waals surface area contributed by atoms with Gasteiger partial charge < -0.3 is 18.7 Å². The average molecular weight is 914 g/mol. The maximum atomic E-state index is 7.03. The molecule has 0 amide bonds. The Morgan fingerprint density at radius 2 is 1.08 bits per heavy atom. The van der Waals surface area contributed by atoms with Gasteiger partial charge in [0.15, 0.2) is 5.58 Å². The molecule has 12 aromatic rings. The van der Waals surface area contributed by atoms with Crippen molar-refractivity contribution in [1.29, 1.82) is 0 Å². The number of nitrogens with zero attached hydrogens (tertiary/aromatic N) is 3. The Balaban J connectivity index is 1.10. The first kappa shape index (κ1) is 41.7. The zero-order chi connectivity index (χ0) is 47.9. The average Bonchev–Trinajstić information content (AvgIpc) is 3.95. The van der Waals surface area contributed by atoms with Gasteiger partial charge in [0.1, 0.15) is 5.58 Å². The molecule has 0 fully saturated rings. The largest absolute Gasteiger partial charge is 0.454 e. The maximum absolute atomic E-state index is 7.03. The number of para-hydroxylation sites is 3. The van der Waals surface area contributed by atoms with Gasteiger partial charge in [0.05, 0.1) is 16.7 Å². The zero-order valence-electron chi connectivity index (χ0n) is 41.0. The van der Waals surface area contributed by atoms with Crippen molar-refractivity contribution in [3.63, 3.8) is 0 Å². The second-order valence-corrected chi connectivity index (χ2v) is 21.7. The van der Waals surface area contributed by atoms with Gasteiger partial charge in [-0.25, -0.2) is 0 Å². The van der Waals surface area contributed by atoms with E-state index in [-0.39, 0.29) is 17.7 Å². The van der Waals surface area contributed by atoms with Gasteiger partial charge in [-0.3, -0.25) is 0 Å². The van der Waals surface area contributed by atoms with Crippen LogP contribution in [-0.4, -0.2) is 11.4 Å². The number of anilines is 5. The quantitative estimate of drug-likeness (QED) is 0.161. The summed E-state index contributed by atoms with van der Waals surface area (Å²) in [5.74, 6) is 0. The van der Waals surface area contributed by atoms with E-state index in [2.05, 4.69) is 262 Å². The van der Waals surface area contributed by atoms with E-state index in [1.807, 2.05) is 0 Å². The highest BCUT2D eigenvalue weighted by Crippen LogP contribution is 2.50. The lowest BCUT2D eigenvalue weighted by Gasteiger charge is -2.42. The van der Waals surface area contributed by atoms with Crippen molar-refractivity contribution in [2.24, 2.45) is 0 Å². The van der Waals surface area contributed by atoms with Gasteiger partial charge >= 0.3 is 6.85 Å². The van der Waals surface area contributed by atoms with Gasteiger partial charge in [0.2, 0.25) is 0 Å². The third-order valence-corrected chi connectivity index (χ3v) is 15.5. The SMILES string of the molecule is CC(C)(C)c1ccc(N(c2ccc(C(C)(C)C)cc2)c2ccc3c(c2)N(c2cccc4c2oc2ccccc24)B2c4c-3cc(-c3ccccc3)cc4-n3c4ccc5ccccc5c4c4cccc2c43)cc1. The summed E-state index contributed by atoms with van der Waals surface area (Å²) in [5.41, 5.74) is 20.9. The molecule has 0 saturated carbocycles. The van der Waals surface area contributed by atoms with Crippen LogP contribution in [-0.2, 0) is 10.8 Å². The molecule has 2 aromatic heterocycles. The normalized spacial score (nSPS) is 13.2. The first-order chi connectivity index (χ1) is 34.5. The lowest BCUT2D eigenvalue weighted by Crippen LogP contribution is -2.60. The third-order valence-electron chi connectivity index (χ3n) is 15.5. The summed E-state index contributed by atoms with van der Waals surface area (Å²) in [5, 5.41) is 7.28. The summed E-state index contributed by atoms with van der Waals surface area (Å²) in [6.45, 7) is 13.5. The first-order valence-corrected chi connectivity index (χ1v) is 25.0. The van der Waals surface area contributed by atoms with E-state index in [9.17, 15) is 0 Å². The zero-order valence-corrected chi connectivity index (χ0v) is 41.0. The predicted octanol–water partition coefficient (Wildman–Crippen LogP) is 16.8. The Morgan fingerprint density at radius 1 is 0.451 bits per heavy atom. The molecule has 10 aromatic carbocycles. The first-order valence-electron chi connectivity index (χ1n) is 25.0.